The fourth-order valence-electron chi connectivity index (χ4n) is 1.51. The highest BCUT2D eigenvalue weighted by Gasteiger charge is 2.27. The molecule has 1 rings (SSSR count). The zero-order chi connectivity index (χ0) is 13.1. The molecule has 1 aromatic heterocycles. The van der Waals surface area contributed by atoms with Crippen LogP contribution in [0.15, 0.2) is 0 Å². The summed E-state index contributed by atoms with van der Waals surface area (Å²) < 4.78 is 1.84. The fourth-order valence-corrected chi connectivity index (χ4v) is 1.51. The standard InChI is InChI=1S/C12H21N3O2/c1-5-9-13-10(6-2)15(14-9)8-7-12(3,4)11(16)17/h5-8H2,1-4H3,(H,16,17). The second kappa shape index (κ2) is 5.29. The summed E-state index contributed by atoms with van der Waals surface area (Å²) in [5.74, 6) is 0.990. The van der Waals surface area contributed by atoms with Gasteiger partial charge in [0.15, 0.2) is 5.82 Å². The second-order valence-electron chi connectivity index (χ2n) is 4.81. The van der Waals surface area contributed by atoms with Gasteiger partial charge in [0.1, 0.15) is 5.82 Å². The lowest BCUT2D eigenvalue weighted by atomic mass is 9.90. The number of nitrogens with zero attached hydrogens (tertiary/aromatic N) is 3. The molecule has 0 saturated carbocycles. The number of rotatable bonds is 6. The van der Waals surface area contributed by atoms with E-state index in [0.29, 0.717) is 13.0 Å². The third-order valence-corrected chi connectivity index (χ3v) is 2.95. The zero-order valence-corrected chi connectivity index (χ0v) is 11.0. The minimum absolute atomic E-state index is 0.557. The highest BCUT2D eigenvalue weighted by molar-refractivity contribution is 5.73. The molecule has 0 aliphatic rings. The third kappa shape index (κ3) is 3.28. The molecule has 0 radical (unpaired) electrons. The Bertz CT molecular complexity index is 396. The molecule has 0 aliphatic carbocycles. The second-order valence-corrected chi connectivity index (χ2v) is 4.81. The average molecular weight is 239 g/mol. The first-order valence-corrected chi connectivity index (χ1v) is 6.06. The molecule has 5 nitrogen and oxygen atoms in total. The van der Waals surface area contributed by atoms with Gasteiger partial charge in [-0.1, -0.05) is 13.8 Å². The number of carboxylic acids is 1. The molecule has 0 atom stereocenters. The molecule has 0 amide bonds. The van der Waals surface area contributed by atoms with Gasteiger partial charge < -0.3 is 5.11 Å². The van der Waals surface area contributed by atoms with Crippen molar-refractivity contribution in [1.82, 2.24) is 14.8 Å². The molecule has 0 bridgehead atoms. The van der Waals surface area contributed by atoms with Crippen LogP contribution in [0.2, 0.25) is 0 Å². The lowest BCUT2D eigenvalue weighted by Gasteiger charge is -2.18. The lowest BCUT2D eigenvalue weighted by molar-refractivity contribution is -0.147. The van der Waals surface area contributed by atoms with Crippen LogP contribution in [0.5, 0.6) is 0 Å². The molecule has 0 aromatic carbocycles. The minimum atomic E-state index is -0.772. The van der Waals surface area contributed by atoms with E-state index >= 15 is 0 Å². The van der Waals surface area contributed by atoms with Crippen LogP contribution >= 0.6 is 0 Å². The summed E-state index contributed by atoms with van der Waals surface area (Å²) in [7, 11) is 0. The first-order chi connectivity index (χ1) is 7.90. The van der Waals surface area contributed by atoms with Crippen molar-refractivity contribution >= 4 is 5.97 Å². The zero-order valence-electron chi connectivity index (χ0n) is 11.0. The van der Waals surface area contributed by atoms with Gasteiger partial charge in [0, 0.05) is 19.4 Å². The molecule has 5 heteroatoms. The van der Waals surface area contributed by atoms with E-state index in [-0.39, 0.29) is 0 Å². The minimum Gasteiger partial charge on any atom is -0.481 e. The molecule has 0 fully saturated rings. The Hall–Kier alpha value is -1.39. The number of carbonyl (C=O) groups is 1. The molecule has 1 aromatic rings. The highest BCUT2D eigenvalue weighted by atomic mass is 16.4. The maximum absolute atomic E-state index is 11.0. The molecular formula is C12H21N3O2. The van der Waals surface area contributed by atoms with E-state index in [4.69, 9.17) is 5.11 Å². The van der Waals surface area contributed by atoms with Crippen LogP contribution in [0.3, 0.4) is 0 Å². The van der Waals surface area contributed by atoms with Crippen molar-refractivity contribution in [3.63, 3.8) is 0 Å². The van der Waals surface area contributed by atoms with E-state index < -0.39 is 11.4 Å². The summed E-state index contributed by atoms with van der Waals surface area (Å²) in [5, 5.41) is 13.4. The third-order valence-electron chi connectivity index (χ3n) is 2.95. The van der Waals surface area contributed by atoms with Gasteiger partial charge in [0.2, 0.25) is 0 Å². The van der Waals surface area contributed by atoms with Crippen LogP contribution in [-0.4, -0.2) is 25.8 Å². The number of carboxylic acid groups (broad SMARTS) is 1. The number of hydrogen-bond acceptors (Lipinski definition) is 3. The number of hydrogen-bond donors (Lipinski definition) is 1. The van der Waals surface area contributed by atoms with Gasteiger partial charge in [-0.3, -0.25) is 4.79 Å². The SMILES string of the molecule is CCc1nc(CC)n(CCC(C)(C)C(=O)O)n1. The normalized spacial score (nSPS) is 11.8. The Kier molecular flexibility index (Phi) is 4.26. The Morgan fingerprint density at radius 2 is 2.00 bits per heavy atom. The van der Waals surface area contributed by atoms with E-state index in [1.54, 1.807) is 13.8 Å². The average Bonchev–Trinajstić information content (AvgIpc) is 2.68. The molecule has 0 saturated heterocycles. The van der Waals surface area contributed by atoms with Crippen LogP contribution in [0, 0.1) is 5.41 Å². The van der Waals surface area contributed by atoms with Gasteiger partial charge in [-0.25, -0.2) is 9.67 Å². The van der Waals surface area contributed by atoms with E-state index in [9.17, 15) is 4.79 Å². The Morgan fingerprint density at radius 3 is 2.47 bits per heavy atom. The maximum atomic E-state index is 11.0. The van der Waals surface area contributed by atoms with Crippen molar-refractivity contribution in [3.8, 4) is 0 Å². The largest absolute Gasteiger partial charge is 0.481 e. The van der Waals surface area contributed by atoms with Gasteiger partial charge in [0.05, 0.1) is 5.41 Å². The molecule has 0 spiro atoms. The lowest BCUT2D eigenvalue weighted by Crippen LogP contribution is -2.25. The topological polar surface area (TPSA) is 68.0 Å². The summed E-state index contributed by atoms with van der Waals surface area (Å²) in [5.41, 5.74) is -0.719. The Labute approximate surface area is 102 Å². The molecular weight excluding hydrogens is 218 g/mol. The molecule has 1 N–H and O–H groups in total. The predicted octanol–water partition coefficient (Wildman–Crippen LogP) is 1.90. The van der Waals surface area contributed by atoms with E-state index in [0.717, 1.165) is 24.5 Å². The van der Waals surface area contributed by atoms with Crippen molar-refractivity contribution in [3.05, 3.63) is 11.6 Å². The summed E-state index contributed by atoms with van der Waals surface area (Å²) in [6.45, 7) is 8.12. The van der Waals surface area contributed by atoms with Crippen molar-refractivity contribution in [2.75, 3.05) is 0 Å². The first-order valence-electron chi connectivity index (χ1n) is 6.06. The van der Waals surface area contributed by atoms with E-state index in [1.807, 2.05) is 18.5 Å². The molecule has 17 heavy (non-hydrogen) atoms. The Morgan fingerprint density at radius 1 is 1.35 bits per heavy atom. The van der Waals surface area contributed by atoms with Gasteiger partial charge in [-0.15, -0.1) is 0 Å². The smallest absolute Gasteiger partial charge is 0.309 e. The van der Waals surface area contributed by atoms with Crippen molar-refractivity contribution in [1.29, 1.82) is 0 Å². The van der Waals surface area contributed by atoms with Crippen molar-refractivity contribution in [2.45, 2.75) is 53.5 Å². The number of aromatic nitrogens is 3. The van der Waals surface area contributed by atoms with E-state index in [1.165, 1.54) is 0 Å². The molecule has 0 unspecified atom stereocenters. The molecule has 0 aliphatic heterocycles. The fraction of sp³-hybridized carbons (Fsp3) is 0.750. The van der Waals surface area contributed by atoms with Crippen LogP contribution in [-0.2, 0) is 24.2 Å². The summed E-state index contributed by atoms with van der Waals surface area (Å²) >= 11 is 0. The predicted molar refractivity (Wildman–Crippen MR) is 64.8 cm³/mol. The van der Waals surface area contributed by atoms with Gasteiger partial charge in [-0.05, 0) is 20.3 Å². The Balaban J connectivity index is 2.75. The van der Waals surface area contributed by atoms with Crippen molar-refractivity contribution < 1.29 is 9.90 Å². The summed E-state index contributed by atoms with van der Waals surface area (Å²) in [6, 6.07) is 0. The quantitative estimate of drug-likeness (QED) is 0.823. The van der Waals surface area contributed by atoms with Crippen molar-refractivity contribution in [2.24, 2.45) is 5.41 Å². The monoisotopic (exact) mass is 239 g/mol. The van der Waals surface area contributed by atoms with E-state index in [2.05, 4.69) is 10.1 Å². The highest BCUT2D eigenvalue weighted by Crippen LogP contribution is 2.21. The van der Waals surface area contributed by atoms with Gasteiger partial charge >= 0.3 is 5.97 Å². The number of aliphatic carboxylic acids is 1. The van der Waals surface area contributed by atoms with Crippen LogP contribution in [0.25, 0.3) is 0 Å². The molecule has 96 valence electrons. The summed E-state index contributed by atoms with van der Waals surface area (Å²) in [4.78, 5) is 15.4. The summed E-state index contributed by atoms with van der Waals surface area (Å²) in [6.07, 6.45) is 2.19. The number of aryl methyl sites for hydroxylation is 3. The van der Waals surface area contributed by atoms with Gasteiger partial charge in [-0.2, -0.15) is 5.10 Å². The first kappa shape index (κ1) is 13.7. The van der Waals surface area contributed by atoms with Crippen LogP contribution < -0.4 is 0 Å². The van der Waals surface area contributed by atoms with Crippen LogP contribution in [0.1, 0.15) is 45.8 Å². The van der Waals surface area contributed by atoms with Crippen LogP contribution in [0.4, 0.5) is 0 Å². The molecule has 1 heterocycles. The maximum Gasteiger partial charge on any atom is 0.309 e. The van der Waals surface area contributed by atoms with Gasteiger partial charge in [0.25, 0.3) is 0 Å².